The van der Waals surface area contributed by atoms with Gasteiger partial charge in [-0.3, -0.25) is 9.59 Å². The van der Waals surface area contributed by atoms with Gasteiger partial charge in [0, 0.05) is 0 Å². The molecule has 0 aromatic rings. The first kappa shape index (κ1) is 10.8. The van der Waals surface area contributed by atoms with E-state index in [2.05, 4.69) is 9.47 Å². The number of carbonyl (C=O) groups is 2. The maximum atomic E-state index is 11.5. The molecule has 0 saturated heterocycles. The molecule has 14 heavy (non-hydrogen) atoms. The van der Waals surface area contributed by atoms with Gasteiger partial charge < -0.3 is 9.47 Å². The van der Waals surface area contributed by atoms with Crippen LogP contribution in [0.4, 0.5) is 0 Å². The summed E-state index contributed by atoms with van der Waals surface area (Å²) in [5.41, 5.74) is -0.117. The van der Waals surface area contributed by atoms with Crippen LogP contribution in [0.1, 0.15) is 19.8 Å². The van der Waals surface area contributed by atoms with Crippen molar-refractivity contribution in [3.63, 3.8) is 0 Å². The number of hydrogen-bond donors (Lipinski definition) is 0. The highest BCUT2D eigenvalue weighted by Crippen LogP contribution is 2.39. The van der Waals surface area contributed by atoms with Crippen molar-refractivity contribution < 1.29 is 19.1 Å². The van der Waals surface area contributed by atoms with E-state index < -0.39 is 17.4 Å². The molecule has 0 aromatic heterocycles. The summed E-state index contributed by atoms with van der Waals surface area (Å²) in [5.74, 6) is -1.03. The Morgan fingerprint density at radius 3 is 2.07 bits per heavy atom. The van der Waals surface area contributed by atoms with Crippen LogP contribution < -0.4 is 0 Å². The fraction of sp³-hybridized carbons (Fsp3) is 0.600. The second-order valence-corrected chi connectivity index (χ2v) is 3.50. The molecule has 1 aliphatic rings. The van der Waals surface area contributed by atoms with Crippen LogP contribution in [0.2, 0.25) is 0 Å². The number of ether oxygens (including phenoxy) is 2. The van der Waals surface area contributed by atoms with Crippen LogP contribution in [0.5, 0.6) is 0 Å². The molecule has 4 nitrogen and oxygen atoms in total. The van der Waals surface area contributed by atoms with E-state index in [-0.39, 0.29) is 0 Å². The Morgan fingerprint density at radius 2 is 1.79 bits per heavy atom. The molecule has 1 aliphatic carbocycles. The number of allylic oxidation sites excluding steroid dienone is 2. The fourth-order valence-corrected chi connectivity index (χ4v) is 1.75. The van der Waals surface area contributed by atoms with Crippen molar-refractivity contribution in [2.24, 2.45) is 5.41 Å². The number of methoxy groups -OCH3 is 2. The average Bonchev–Trinajstić information content (AvgIpc) is 2.59. The Hall–Kier alpha value is -1.32. The Balaban J connectivity index is 2.94. The van der Waals surface area contributed by atoms with Crippen LogP contribution in [-0.2, 0) is 19.1 Å². The summed E-state index contributed by atoms with van der Waals surface area (Å²) in [6.45, 7) is 1.88. The maximum absolute atomic E-state index is 11.5. The van der Waals surface area contributed by atoms with E-state index >= 15 is 0 Å². The lowest BCUT2D eigenvalue weighted by Crippen LogP contribution is -2.39. The third-order valence-corrected chi connectivity index (χ3v) is 2.53. The molecule has 0 radical (unpaired) electrons. The lowest BCUT2D eigenvalue weighted by Gasteiger charge is -2.22. The van der Waals surface area contributed by atoms with Gasteiger partial charge in [-0.15, -0.1) is 0 Å². The molecular formula is C10H14O4. The van der Waals surface area contributed by atoms with Gasteiger partial charge in [0.1, 0.15) is 0 Å². The van der Waals surface area contributed by atoms with Crippen LogP contribution in [0.15, 0.2) is 11.6 Å². The van der Waals surface area contributed by atoms with Gasteiger partial charge in [-0.25, -0.2) is 0 Å². The summed E-state index contributed by atoms with van der Waals surface area (Å²) < 4.78 is 9.27. The molecule has 1 rings (SSSR count). The summed E-state index contributed by atoms with van der Waals surface area (Å²) in [7, 11) is 2.56. The van der Waals surface area contributed by atoms with E-state index in [4.69, 9.17) is 0 Å². The number of carbonyl (C=O) groups excluding carboxylic acids is 2. The zero-order valence-electron chi connectivity index (χ0n) is 8.62. The van der Waals surface area contributed by atoms with Crippen molar-refractivity contribution in [1.82, 2.24) is 0 Å². The largest absolute Gasteiger partial charge is 0.468 e. The lowest BCUT2D eigenvalue weighted by atomic mass is 9.84. The van der Waals surface area contributed by atoms with Crippen molar-refractivity contribution in [3.8, 4) is 0 Å². The van der Waals surface area contributed by atoms with Crippen LogP contribution in [0.3, 0.4) is 0 Å². The minimum atomic E-state index is -1.13. The highest BCUT2D eigenvalue weighted by Gasteiger charge is 2.49. The van der Waals surface area contributed by atoms with E-state index in [9.17, 15) is 9.59 Å². The molecule has 0 atom stereocenters. The highest BCUT2D eigenvalue weighted by molar-refractivity contribution is 6.01. The third-order valence-electron chi connectivity index (χ3n) is 2.53. The third kappa shape index (κ3) is 1.52. The van der Waals surface area contributed by atoms with Crippen molar-refractivity contribution in [2.75, 3.05) is 14.2 Å². The summed E-state index contributed by atoms with van der Waals surface area (Å²) in [4.78, 5) is 23.1. The van der Waals surface area contributed by atoms with E-state index in [1.54, 1.807) is 0 Å². The maximum Gasteiger partial charge on any atom is 0.323 e. The molecule has 0 aromatic carbocycles. The Bertz CT molecular complexity index is 274. The zero-order chi connectivity index (χ0) is 10.8. The van der Waals surface area contributed by atoms with E-state index in [0.29, 0.717) is 12.8 Å². The van der Waals surface area contributed by atoms with Crippen molar-refractivity contribution >= 4 is 11.9 Å². The Labute approximate surface area is 82.9 Å². The summed E-state index contributed by atoms with van der Waals surface area (Å²) in [5, 5.41) is 0. The minimum Gasteiger partial charge on any atom is -0.468 e. The predicted octanol–water partition coefficient (Wildman–Crippen LogP) is 1.06. The second kappa shape index (κ2) is 3.82. The second-order valence-electron chi connectivity index (χ2n) is 3.50. The zero-order valence-corrected chi connectivity index (χ0v) is 8.62. The minimum absolute atomic E-state index is 0.373. The molecule has 78 valence electrons. The van der Waals surface area contributed by atoms with Gasteiger partial charge in [-0.2, -0.15) is 0 Å². The van der Waals surface area contributed by atoms with Gasteiger partial charge in [-0.05, 0) is 19.8 Å². The fourth-order valence-electron chi connectivity index (χ4n) is 1.75. The molecule has 0 spiro atoms. The van der Waals surface area contributed by atoms with E-state index in [0.717, 1.165) is 5.57 Å². The molecular weight excluding hydrogens is 184 g/mol. The molecule has 0 amide bonds. The summed E-state index contributed by atoms with van der Waals surface area (Å²) in [6.07, 6.45) is 2.64. The van der Waals surface area contributed by atoms with Crippen molar-refractivity contribution in [1.29, 1.82) is 0 Å². The first-order valence-electron chi connectivity index (χ1n) is 4.39. The quantitative estimate of drug-likeness (QED) is 0.378. The van der Waals surface area contributed by atoms with Crippen LogP contribution in [0, 0.1) is 5.41 Å². The normalized spacial score (nSPS) is 18.6. The lowest BCUT2D eigenvalue weighted by molar-refractivity contribution is -0.168. The summed E-state index contributed by atoms with van der Waals surface area (Å²) in [6, 6.07) is 0. The molecule has 0 saturated carbocycles. The van der Waals surface area contributed by atoms with E-state index in [1.807, 2.05) is 13.0 Å². The Morgan fingerprint density at radius 1 is 1.29 bits per heavy atom. The first-order chi connectivity index (χ1) is 6.56. The van der Waals surface area contributed by atoms with Gasteiger partial charge in [0.25, 0.3) is 0 Å². The van der Waals surface area contributed by atoms with Crippen LogP contribution in [-0.4, -0.2) is 26.2 Å². The molecule has 0 N–H and O–H groups in total. The predicted molar refractivity (Wildman–Crippen MR) is 49.5 cm³/mol. The molecule has 0 fully saturated rings. The summed E-state index contributed by atoms with van der Waals surface area (Å²) >= 11 is 0. The van der Waals surface area contributed by atoms with Gasteiger partial charge in [-0.1, -0.05) is 11.6 Å². The number of rotatable bonds is 2. The van der Waals surface area contributed by atoms with Gasteiger partial charge >= 0.3 is 11.9 Å². The molecule has 0 aliphatic heterocycles. The average molecular weight is 198 g/mol. The van der Waals surface area contributed by atoms with Gasteiger partial charge in [0.15, 0.2) is 5.41 Å². The standard InChI is InChI=1S/C10H14O4/c1-7-4-5-10(6-7,8(11)13-2)9(12)14-3/h4H,5-6H2,1-3H3. The molecule has 4 heteroatoms. The van der Waals surface area contributed by atoms with Crippen LogP contribution >= 0.6 is 0 Å². The Kier molecular flexibility index (Phi) is 2.93. The molecule has 0 heterocycles. The highest BCUT2D eigenvalue weighted by atomic mass is 16.5. The topological polar surface area (TPSA) is 52.6 Å². The van der Waals surface area contributed by atoms with E-state index in [1.165, 1.54) is 14.2 Å². The number of hydrogen-bond acceptors (Lipinski definition) is 4. The van der Waals surface area contributed by atoms with Crippen LogP contribution in [0.25, 0.3) is 0 Å². The monoisotopic (exact) mass is 198 g/mol. The van der Waals surface area contributed by atoms with Crippen molar-refractivity contribution in [3.05, 3.63) is 11.6 Å². The van der Waals surface area contributed by atoms with Crippen molar-refractivity contribution in [2.45, 2.75) is 19.8 Å². The molecule has 0 unspecified atom stereocenters. The van der Waals surface area contributed by atoms with Gasteiger partial charge in [0.05, 0.1) is 14.2 Å². The smallest absolute Gasteiger partial charge is 0.323 e. The molecule has 0 bridgehead atoms. The number of esters is 2. The first-order valence-corrected chi connectivity index (χ1v) is 4.39. The SMILES string of the molecule is COC(=O)C1(C(=O)OC)CC=C(C)C1. The van der Waals surface area contributed by atoms with Gasteiger partial charge in [0.2, 0.25) is 0 Å².